The first-order valence-electron chi connectivity index (χ1n) is 13.1. The predicted molar refractivity (Wildman–Crippen MR) is 128 cm³/mol. The van der Waals surface area contributed by atoms with Gasteiger partial charge in [0, 0.05) is 5.56 Å². The van der Waals surface area contributed by atoms with Crippen molar-refractivity contribution in [1.82, 2.24) is 0 Å². The second-order valence-corrected chi connectivity index (χ2v) is 9.37. The molecule has 30 heavy (non-hydrogen) atoms. The van der Waals surface area contributed by atoms with Gasteiger partial charge in [-0.3, -0.25) is 4.79 Å². The van der Waals surface area contributed by atoms with Gasteiger partial charge in [-0.05, 0) is 43.2 Å². The Morgan fingerprint density at radius 2 is 1.37 bits per heavy atom. The molecule has 0 unspecified atom stereocenters. The summed E-state index contributed by atoms with van der Waals surface area (Å²) in [6.45, 7) is 2.88. The number of carbonyl (C=O) groups excluding carboxylic acids is 1. The highest BCUT2D eigenvalue weighted by Gasteiger charge is 2.22. The lowest BCUT2D eigenvalue weighted by atomic mass is 9.80. The number of hydrogen-bond acceptors (Lipinski definition) is 2. The Kier molecular flexibility index (Phi) is 13.6. The summed E-state index contributed by atoms with van der Waals surface area (Å²) < 4.78 is 5.37. The van der Waals surface area contributed by atoms with E-state index in [1.807, 2.05) is 6.07 Å². The first-order chi connectivity index (χ1) is 14.9. The van der Waals surface area contributed by atoms with Crippen LogP contribution in [0.4, 0.5) is 0 Å². The Labute approximate surface area is 186 Å². The average Bonchev–Trinajstić information content (AvgIpc) is 2.78. The van der Waals surface area contributed by atoms with Gasteiger partial charge in [0.1, 0.15) is 5.75 Å². The van der Waals surface area contributed by atoms with Gasteiger partial charge in [-0.15, -0.1) is 0 Å². The zero-order valence-electron chi connectivity index (χ0n) is 19.6. The fourth-order valence-electron chi connectivity index (χ4n) is 5.15. The van der Waals surface area contributed by atoms with Crippen LogP contribution in [0, 0.1) is 0 Å². The molecule has 0 aromatic heterocycles. The minimum absolute atomic E-state index is 0.576. The van der Waals surface area contributed by atoms with Crippen LogP contribution in [0.5, 0.6) is 5.75 Å². The van der Waals surface area contributed by atoms with Crippen LogP contribution in [0.3, 0.4) is 0 Å². The molecule has 0 bridgehead atoms. The van der Waals surface area contributed by atoms with Crippen LogP contribution in [0.25, 0.3) is 0 Å². The molecule has 1 saturated carbocycles. The van der Waals surface area contributed by atoms with Crippen molar-refractivity contribution >= 4 is 6.47 Å². The molecule has 170 valence electrons. The summed E-state index contributed by atoms with van der Waals surface area (Å²) >= 11 is 0. The molecule has 1 aromatic carbocycles. The van der Waals surface area contributed by atoms with Gasteiger partial charge in [0.25, 0.3) is 6.47 Å². The van der Waals surface area contributed by atoms with Gasteiger partial charge in [0.2, 0.25) is 0 Å². The van der Waals surface area contributed by atoms with Gasteiger partial charge >= 0.3 is 0 Å². The van der Waals surface area contributed by atoms with Gasteiger partial charge in [-0.25, -0.2) is 0 Å². The van der Waals surface area contributed by atoms with Crippen LogP contribution in [-0.2, 0) is 11.2 Å². The van der Waals surface area contributed by atoms with Crippen molar-refractivity contribution < 1.29 is 9.53 Å². The predicted octanol–water partition coefficient (Wildman–Crippen LogP) is 8.90. The van der Waals surface area contributed by atoms with E-state index in [1.165, 1.54) is 127 Å². The van der Waals surface area contributed by atoms with Crippen molar-refractivity contribution in [1.29, 1.82) is 0 Å². The lowest BCUT2D eigenvalue weighted by Crippen LogP contribution is -2.10. The van der Waals surface area contributed by atoms with Gasteiger partial charge in [-0.1, -0.05) is 115 Å². The minimum Gasteiger partial charge on any atom is -0.428 e. The fourth-order valence-corrected chi connectivity index (χ4v) is 5.15. The van der Waals surface area contributed by atoms with E-state index in [-0.39, 0.29) is 0 Å². The van der Waals surface area contributed by atoms with Crippen molar-refractivity contribution in [3.05, 3.63) is 29.3 Å². The van der Waals surface area contributed by atoms with Crippen molar-refractivity contribution in [2.45, 2.75) is 135 Å². The standard InChI is InChI=1S/C28H46O2/c1-2-3-4-5-6-7-8-9-10-11-12-13-15-19-26-22-18-23-27(30-24-29)28(26)25-20-16-14-17-21-25/h18,22-25H,2-17,19-21H2,1H3. The van der Waals surface area contributed by atoms with Gasteiger partial charge in [0.15, 0.2) is 0 Å². The molecule has 0 atom stereocenters. The fraction of sp³-hybridized carbons (Fsp3) is 0.750. The molecular weight excluding hydrogens is 368 g/mol. The van der Waals surface area contributed by atoms with E-state index in [9.17, 15) is 4.79 Å². The second kappa shape index (κ2) is 16.4. The first-order valence-corrected chi connectivity index (χ1v) is 13.1. The van der Waals surface area contributed by atoms with Crippen LogP contribution in [0.2, 0.25) is 0 Å². The third-order valence-electron chi connectivity index (χ3n) is 6.89. The van der Waals surface area contributed by atoms with E-state index in [1.54, 1.807) is 0 Å². The first kappa shape index (κ1) is 25.0. The Morgan fingerprint density at radius 1 is 0.800 bits per heavy atom. The Hall–Kier alpha value is -1.31. The number of benzene rings is 1. The molecule has 1 aliphatic carbocycles. The summed E-state index contributed by atoms with van der Waals surface area (Å²) in [6, 6.07) is 6.30. The molecule has 0 N–H and O–H groups in total. The molecule has 0 amide bonds. The van der Waals surface area contributed by atoms with Gasteiger partial charge in [0.05, 0.1) is 0 Å². The summed E-state index contributed by atoms with van der Waals surface area (Å²) in [5.41, 5.74) is 2.76. The molecule has 0 heterocycles. The van der Waals surface area contributed by atoms with Crippen LogP contribution in [0.15, 0.2) is 18.2 Å². The van der Waals surface area contributed by atoms with Gasteiger partial charge < -0.3 is 4.74 Å². The summed E-state index contributed by atoms with van der Waals surface area (Å²) in [6.07, 6.45) is 25.7. The molecule has 0 spiro atoms. The van der Waals surface area contributed by atoms with Gasteiger partial charge in [-0.2, -0.15) is 0 Å². The minimum atomic E-state index is 0.576. The zero-order chi connectivity index (χ0) is 21.3. The highest BCUT2D eigenvalue weighted by Crippen LogP contribution is 2.40. The Morgan fingerprint density at radius 3 is 1.93 bits per heavy atom. The number of unbranched alkanes of at least 4 members (excludes halogenated alkanes) is 12. The molecule has 0 saturated heterocycles. The van der Waals surface area contributed by atoms with E-state index in [0.717, 1.165) is 12.2 Å². The molecule has 2 nitrogen and oxygen atoms in total. The van der Waals surface area contributed by atoms with Crippen molar-refractivity contribution in [3.63, 3.8) is 0 Å². The van der Waals surface area contributed by atoms with Crippen LogP contribution in [0.1, 0.15) is 140 Å². The average molecular weight is 415 g/mol. The van der Waals surface area contributed by atoms with E-state index >= 15 is 0 Å². The third-order valence-corrected chi connectivity index (χ3v) is 6.89. The van der Waals surface area contributed by atoms with E-state index in [4.69, 9.17) is 4.74 Å². The number of aryl methyl sites for hydroxylation is 1. The summed E-state index contributed by atoms with van der Waals surface area (Å²) in [7, 11) is 0. The maximum atomic E-state index is 11.0. The lowest BCUT2D eigenvalue weighted by Gasteiger charge is -2.26. The smallest absolute Gasteiger partial charge is 0.298 e. The molecule has 0 radical (unpaired) electrons. The molecule has 1 fully saturated rings. The van der Waals surface area contributed by atoms with E-state index in [2.05, 4.69) is 19.1 Å². The molecule has 1 aromatic rings. The number of hydrogen-bond donors (Lipinski definition) is 0. The number of ether oxygens (including phenoxy) is 1. The summed E-state index contributed by atoms with van der Waals surface area (Å²) in [5, 5.41) is 0. The van der Waals surface area contributed by atoms with Crippen LogP contribution < -0.4 is 4.74 Å². The normalized spacial score (nSPS) is 14.7. The van der Waals surface area contributed by atoms with Crippen LogP contribution in [-0.4, -0.2) is 6.47 Å². The topological polar surface area (TPSA) is 26.3 Å². The zero-order valence-corrected chi connectivity index (χ0v) is 19.6. The third kappa shape index (κ3) is 9.67. The van der Waals surface area contributed by atoms with E-state index < -0.39 is 0 Å². The highest BCUT2D eigenvalue weighted by molar-refractivity contribution is 5.51. The van der Waals surface area contributed by atoms with Crippen molar-refractivity contribution in [2.24, 2.45) is 0 Å². The maximum Gasteiger partial charge on any atom is 0.298 e. The Bertz CT molecular complexity index is 560. The maximum absolute atomic E-state index is 11.0. The molecule has 1 aliphatic rings. The second-order valence-electron chi connectivity index (χ2n) is 9.37. The number of rotatable bonds is 17. The van der Waals surface area contributed by atoms with Crippen LogP contribution >= 0.6 is 0 Å². The Balaban J connectivity index is 1.62. The molecule has 2 rings (SSSR count). The SMILES string of the molecule is CCCCCCCCCCCCCCCc1cccc(OC=O)c1C1CCCCC1. The number of carbonyl (C=O) groups is 1. The largest absolute Gasteiger partial charge is 0.428 e. The molecule has 2 heteroatoms. The highest BCUT2D eigenvalue weighted by atomic mass is 16.5. The molecular formula is C28H46O2. The summed E-state index contributed by atoms with van der Waals surface area (Å²) in [4.78, 5) is 11.0. The van der Waals surface area contributed by atoms with Crippen molar-refractivity contribution in [3.8, 4) is 5.75 Å². The quantitative estimate of drug-likeness (QED) is 0.188. The summed E-state index contributed by atoms with van der Waals surface area (Å²) in [5.74, 6) is 1.39. The van der Waals surface area contributed by atoms with Crippen molar-refractivity contribution in [2.75, 3.05) is 0 Å². The lowest BCUT2D eigenvalue weighted by molar-refractivity contribution is -0.120. The monoisotopic (exact) mass is 414 g/mol. The van der Waals surface area contributed by atoms with E-state index in [0.29, 0.717) is 12.4 Å². The molecule has 0 aliphatic heterocycles.